The van der Waals surface area contributed by atoms with E-state index in [0.717, 1.165) is 23.1 Å². The Morgan fingerprint density at radius 3 is 2.71 bits per heavy atom. The molecule has 0 bridgehead atoms. The van der Waals surface area contributed by atoms with E-state index in [1.54, 1.807) is 0 Å². The number of hydrogen-bond acceptors (Lipinski definition) is 4. The van der Waals surface area contributed by atoms with Crippen molar-refractivity contribution < 1.29 is 4.79 Å². The highest BCUT2D eigenvalue weighted by atomic mass is 35.5. The van der Waals surface area contributed by atoms with Crippen molar-refractivity contribution in [3.63, 3.8) is 0 Å². The van der Waals surface area contributed by atoms with Gasteiger partial charge in [0.25, 0.3) is 0 Å². The summed E-state index contributed by atoms with van der Waals surface area (Å²) in [4.78, 5) is 12.3. The number of carbonyl (C=O) groups is 1. The van der Waals surface area contributed by atoms with Crippen LogP contribution in [-0.4, -0.2) is 25.9 Å². The Morgan fingerprint density at radius 2 is 2.08 bits per heavy atom. The fraction of sp³-hybridized carbons (Fsp3) is 0.471. The van der Waals surface area contributed by atoms with Gasteiger partial charge in [0, 0.05) is 24.0 Å². The lowest BCUT2D eigenvalue weighted by atomic mass is 10.2. The zero-order chi connectivity index (χ0) is 17.1. The molecule has 0 saturated heterocycles. The summed E-state index contributed by atoms with van der Waals surface area (Å²) in [5.74, 6) is 1.61. The van der Waals surface area contributed by atoms with Crippen molar-refractivity contribution in [1.29, 1.82) is 0 Å². The summed E-state index contributed by atoms with van der Waals surface area (Å²) in [6, 6.07) is 7.47. The topological polar surface area (TPSA) is 59.8 Å². The van der Waals surface area contributed by atoms with Gasteiger partial charge in [-0.15, -0.1) is 10.2 Å². The third kappa shape index (κ3) is 4.11. The molecule has 1 atom stereocenters. The van der Waals surface area contributed by atoms with Crippen molar-refractivity contribution in [2.45, 2.75) is 56.1 Å². The summed E-state index contributed by atoms with van der Waals surface area (Å²) in [7, 11) is 0. The standard InChI is InChI=1S/C17H21ClN4OS/c1-3-22-15(13-6-7-13)20-21-17(22)24-11(2)16(23)19-10-12-4-8-14(18)9-5-12/h4-5,8-9,11,13H,3,6-7,10H2,1-2H3,(H,19,23)/t11-/m1/s1. The van der Waals surface area contributed by atoms with Crippen LogP contribution in [0.2, 0.25) is 5.02 Å². The summed E-state index contributed by atoms with van der Waals surface area (Å²) in [5, 5.41) is 12.8. The highest BCUT2D eigenvalue weighted by Gasteiger charge is 2.30. The molecule has 2 aromatic rings. The fourth-order valence-corrected chi connectivity index (χ4v) is 3.55. The number of hydrogen-bond donors (Lipinski definition) is 1. The van der Waals surface area contributed by atoms with Gasteiger partial charge < -0.3 is 9.88 Å². The minimum Gasteiger partial charge on any atom is -0.351 e. The maximum atomic E-state index is 12.3. The van der Waals surface area contributed by atoms with E-state index in [-0.39, 0.29) is 11.2 Å². The molecule has 0 radical (unpaired) electrons. The van der Waals surface area contributed by atoms with Gasteiger partial charge in [0.1, 0.15) is 5.82 Å². The molecule has 7 heteroatoms. The van der Waals surface area contributed by atoms with Crippen molar-refractivity contribution >= 4 is 29.3 Å². The molecule has 1 aromatic carbocycles. The Labute approximate surface area is 151 Å². The van der Waals surface area contributed by atoms with Crippen LogP contribution in [0.3, 0.4) is 0 Å². The number of rotatable bonds is 7. The third-order valence-corrected chi connectivity index (χ3v) is 5.37. The summed E-state index contributed by atoms with van der Waals surface area (Å²) >= 11 is 7.33. The van der Waals surface area contributed by atoms with E-state index in [4.69, 9.17) is 11.6 Å². The molecular formula is C17H21ClN4OS. The molecule has 1 aliphatic rings. The molecule has 1 aromatic heterocycles. The minimum atomic E-state index is -0.223. The SMILES string of the molecule is CCn1c(S[C@H](C)C(=O)NCc2ccc(Cl)cc2)nnc1C1CC1. The first-order valence-corrected chi connectivity index (χ1v) is 9.46. The average molecular weight is 365 g/mol. The molecule has 128 valence electrons. The van der Waals surface area contributed by atoms with Crippen LogP contribution in [0.25, 0.3) is 0 Å². The number of amides is 1. The Morgan fingerprint density at radius 1 is 1.38 bits per heavy atom. The molecule has 3 rings (SSSR count). The van der Waals surface area contributed by atoms with Crippen LogP contribution in [-0.2, 0) is 17.9 Å². The second-order valence-corrected chi connectivity index (χ2v) is 7.71. The molecule has 1 saturated carbocycles. The molecule has 0 unspecified atom stereocenters. The van der Waals surface area contributed by atoms with Crippen LogP contribution in [0, 0.1) is 0 Å². The Hall–Kier alpha value is -1.53. The molecule has 1 N–H and O–H groups in total. The lowest BCUT2D eigenvalue weighted by molar-refractivity contribution is -0.120. The van der Waals surface area contributed by atoms with Gasteiger partial charge in [0.15, 0.2) is 5.16 Å². The Kier molecular flexibility index (Phi) is 5.46. The maximum absolute atomic E-state index is 12.3. The van der Waals surface area contributed by atoms with Gasteiger partial charge >= 0.3 is 0 Å². The molecule has 0 spiro atoms. The Balaban J connectivity index is 1.57. The molecule has 1 heterocycles. The van der Waals surface area contributed by atoms with E-state index in [9.17, 15) is 4.79 Å². The molecule has 5 nitrogen and oxygen atoms in total. The van der Waals surface area contributed by atoms with E-state index in [1.165, 1.54) is 24.6 Å². The minimum absolute atomic E-state index is 0.00595. The summed E-state index contributed by atoms with van der Waals surface area (Å²) in [6.07, 6.45) is 2.39. The third-order valence-electron chi connectivity index (χ3n) is 4.04. The van der Waals surface area contributed by atoms with Crippen molar-refractivity contribution in [2.24, 2.45) is 0 Å². The number of carbonyl (C=O) groups excluding carboxylic acids is 1. The molecule has 0 aliphatic heterocycles. The van der Waals surface area contributed by atoms with Gasteiger partial charge in [0.05, 0.1) is 5.25 Å². The number of thioether (sulfide) groups is 1. The van der Waals surface area contributed by atoms with Gasteiger partial charge in [-0.25, -0.2) is 0 Å². The van der Waals surface area contributed by atoms with Gasteiger partial charge in [-0.3, -0.25) is 4.79 Å². The number of halogens is 1. The quantitative estimate of drug-likeness (QED) is 0.762. The van der Waals surface area contributed by atoms with Crippen LogP contribution < -0.4 is 5.32 Å². The number of aromatic nitrogens is 3. The maximum Gasteiger partial charge on any atom is 0.233 e. The largest absolute Gasteiger partial charge is 0.351 e. The highest BCUT2D eigenvalue weighted by Crippen LogP contribution is 2.40. The second kappa shape index (κ2) is 7.57. The predicted octanol–water partition coefficient (Wildman–Crippen LogP) is 3.63. The van der Waals surface area contributed by atoms with Crippen molar-refractivity contribution in [1.82, 2.24) is 20.1 Å². The fourth-order valence-electron chi connectivity index (χ4n) is 2.47. The second-order valence-electron chi connectivity index (χ2n) is 5.96. The number of nitrogens with one attached hydrogen (secondary N) is 1. The van der Waals surface area contributed by atoms with Crippen LogP contribution in [0.15, 0.2) is 29.4 Å². The van der Waals surface area contributed by atoms with Crippen molar-refractivity contribution in [2.75, 3.05) is 0 Å². The molecule has 1 aliphatic carbocycles. The number of nitrogens with zero attached hydrogens (tertiary/aromatic N) is 3. The first-order valence-electron chi connectivity index (χ1n) is 8.20. The van der Waals surface area contributed by atoms with E-state index >= 15 is 0 Å². The lowest BCUT2D eigenvalue weighted by Crippen LogP contribution is -2.30. The molecular weight excluding hydrogens is 344 g/mol. The first kappa shape index (κ1) is 17.3. The molecule has 1 amide bonds. The smallest absolute Gasteiger partial charge is 0.233 e. The highest BCUT2D eigenvalue weighted by molar-refractivity contribution is 8.00. The first-order chi connectivity index (χ1) is 11.6. The zero-order valence-corrected chi connectivity index (χ0v) is 15.4. The van der Waals surface area contributed by atoms with E-state index in [2.05, 4.69) is 27.0 Å². The molecule has 24 heavy (non-hydrogen) atoms. The van der Waals surface area contributed by atoms with Crippen LogP contribution >= 0.6 is 23.4 Å². The summed E-state index contributed by atoms with van der Waals surface area (Å²) in [6.45, 7) is 5.31. The number of benzene rings is 1. The van der Waals surface area contributed by atoms with Crippen LogP contribution in [0.4, 0.5) is 0 Å². The van der Waals surface area contributed by atoms with Gasteiger partial charge in [-0.1, -0.05) is 35.5 Å². The average Bonchev–Trinajstić information content (AvgIpc) is 3.35. The van der Waals surface area contributed by atoms with E-state index in [0.29, 0.717) is 17.5 Å². The van der Waals surface area contributed by atoms with E-state index in [1.807, 2.05) is 31.2 Å². The zero-order valence-electron chi connectivity index (χ0n) is 13.8. The normalized spacial score (nSPS) is 15.3. The van der Waals surface area contributed by atoms with Crippen molar-refractivity contribution in [3.8, 4) is 0 Å². The van der Waals surface area contributed by atoms with Crippen molar-refractivity contribution in [3.05, 3.63) is 40.7 Å². The Bertz CT molecular complexity index is 712. The van der Waals surface area contributed by atoms with Gasteiger partial charge in [-0.2, -0.15) is 0 Å². The van der Waals surface area contributed by atoms with E-state index < -0.39 is 0 Å². The van der Waals surface area contributed by atoms with Crippen LogP contribution in [0.5, 0.6) is 0 Å². The van der Waals surface area contributed by atoms with Crippen LogP contribution in [0.1, 0.15) is 44.0 Å². The monoisotopic (exact) mass is 364 g/mol. The lowest BCUT2D eigenvalue weighted by Gasteiger charge is -2.12. The summed E-state index contributed by atoms with van der Waals surface area (Å²) in [5.41, 5.74) is 1.03. The van der Waals surface area contributed by atoms with Gasteiger partial charge in [-0.05, 0) is 44.4 Å². The van der Waals surface area contributed by atoms with Gasteiger partial charge in [0.2, 0.25) is 5.91 Å². The summed E-state index contributed by atoms with van der Waals surface area (Å²) < 4.78 is 2.13. The predicted molar refractivity (Wildman–Crippen MR) is 96.3 cm³/mol. The molecule has 1 fully saturated rings.